The number of hydrogen-bond acceptors (Lipinski definition) is 7. The topological polar surface area (TPSA) is 181 Å². The molecule has 0 aromatic carbocycles. The summed E-state index contributed by atoms with van der Waals surface area (Å²) >= 11 is 0. The van der Waals surface area contributed by atoms with Crippen LogP contribution in [0.15, 0.2) is 0 Å². The van der Waals surface area contributed by atoms with Crippen molar-refractivity contribution < 1.29 is 296 Å². The van der Waals surface area contributed by atoms with Gasteiger partial charge in [0.05, 0.1) is 0 Å². The summed E-state index contributed by atoms with van der Waals surface area (Å²) in [5, 5.41) is 6.38. The van der Waals surface area contributed by atoms with Gasteiger partial charge in [0.15, 0.2) is 0 Å². The summed E-state index contributed by atoms with van der Waals surface area (Å²) < 4.78 is 19.8. The molecular formula is C2H5K5O8P2. The molecule has 17 heavy (non-hydrogen) atoms. The second-order valence-corrected chi connectivity index (χ2v) is 5.98. The molecule has 0 fully saturated rings. The van der Waals surface area contributed by atoms with Gasteiger partial charge in [0, 0.05) is 0 Å². The molecule has 0 bridgehead atoms. The maximum absolute atomic E-state index is 10.4. The number of hydrogen-bond donors (Lipinski definition) is 0. The van der Waals surface area contributed by atoms with Gasteiger partial charge in [0.1, 0.15) is 0 Å². The van der Waals surface area contributed by atoms with E-state index < -0.39 is 20.3 Å². The van der Waals surface area contributed by atoms with E-state index in [0.717, 1.165) is 0 Å². The third-order valence-electron chi connectivity index (χ3n) is 1.02. The Kier molecular flexibility index (Phi) is 50.4. The summed E-state index contributed by atoms with van der Waals surface area (Å²) in [5.41, 5.74) is 0. The van der Waals surface area contributed by atoms with Crippen LogP contribution in [0.3, 0.4) is 0 Å². The Morgan fingerprint density at radius 3 is 0.882 bits per heavy atom. The molecular weight excluding hydrogens is 409 g/mol. The molecule has 0 aliphatic rings. The van der Waals surface area contributed by atoms with E-state index in [-0.39, 0.29) is 269 Å². The molecule has 0 aliphatic carbocycles. The van der Waals surface area contributed by atoms with Crippen LogP contribution in [0.1, 0.15) is 6.92 Å². The first-order chi connectivity index (χ1) is 4.50. The van der Waals surface area contributed by atoms with Gasteiger partial charge in [0.2, 0.25) is 0 Å². The van der Waals surface area contributed by atoms with Crippen LogP contribution >= 0.6 is 15.2 Å². The Balaban J connectivity index is -0.0000000333. The van der Waals surface area contributed by atoms with Crippen LogP contribution in [0.4, 0.5) is 0 Å². The summed E-state index contributed by atoms with van der Waals surface area (Å²) in [7, 11) is -11.9. The Hall–Kier alpha value is 8.40. The Morgan fingerprint density at radius 2 is 0.882 bits per heavy atom. The van der Waals surface area contributed by atoms with Gasteiger partial charge in [-0.1, -0.05) is 27.2 Å². The molecule has 0 aromatic rings. The van der Waals surface area contributed by atoms with Crippen molar-refractivity contribution >= 4 is 15.2 Å². The predicted molar refractivity (Wildman–Crippen MR) is 27.2 cm³/mol. The van der Waals surface area contributed by atoms with E-state index in [1.54, 1.807) is 0 Å². The standard InChI is InChI=1S/C2H7O7P2.5K.H2O/c1-2(3,10(4,5)6)11(7,8)9;;;;;;/h1H3,(H2,4,5,6)(H2,7,8,9);;;;;;1H2/q-1;5*+1;/p-4. The average molecular weight is 414 g/mol. The van der Waals surface area contributed by atoms with Gasteiger partial charge in [-0.3, -0.25) is 0 Å². The molecule has 0 aliphatic heterocycles. The van der Waals surface area contributed by atoms with Crippen molar-refractivity contribution in [3.8, 4) is 0 Å². The largest absolute Gasteiger partial charge is 1.00 e. The van der Waals surface area contributed by atoms with Crippen LogP contribution in [0, 0.1) is 0 Å². The fraction of sp³-hybridized carbons (Fsp3) is 1.00. The Labute approximate surface area is 312 Å². The minimum Gasteiger partial charge on any atom is -0.842 e. The quantitative estimate of drug-likeness (QED) is 0.317. The van der Waals surface area contributed by atoms with Crippen LogP contribution in [0.5, 0.6) is 0 Å². The summed E-state index contributed by atoms with van der Waals surface area (Å²) in [4.78, 5) is 39.5. The van der Waals surface area contributed by atoms with Crippen LogP contribution in [-0.4, -0.2) is 10.6 Å². The summed E-state index contributed by atoms with van der Waals surface area (Å²) in [6.07, 6.45) is 0. The molecule has 0 spiro atoms. The van der Waals surface area contributed by atoms with Gasteiger partial charge in [-0.15, -0.1) is 0 Å². The van der Waals surface area contributed by atoms with Crippen LogP contribution < -0.4 is 282 Å². The van der Waals surface area contributed by atoms with Crippen molar-refractivity contribution in [1.82, 2.24) is 0 Å². The normalized spacial score (nSPS) is 9.76. The van der Waals surface area contributed by atoms with E-state index >= 15 is 0 Å². The first-order valence-electron chi connectivity index (χ1n) is 2.25. The number of rotatable bonds is 2. The Morgan fingerprint density at radius 1 is 0.765 bits per heavy atom. The molecule has 0 radical (unpaired) electrons. The summed E-state index contributed by atoms with van der Waals surface area (Å²) in [6, 6.07) is 0. The van der Waals surface area contributed by atoms with Gasteiger partial charge in [-0.05, 0) is 0 Å². The fourth-order valence-electron chi connectivity index (χ4n) is 0.150. The second kappa shape index (κ2) is 19.2. The first kappa shape index (κ1) is 44.7. The smallest absolute Gasteiger partial charge is 0.842 e. The SMILES string of the molecule is CC([O-])(P(=O)([O-])[O-])P(=O)([O-])[O-].O.[K+].[K+].[K+].[K+].[K+]. The van der Waals surface area contributed by atoms with E-state index in [4.69, 9.17) is 0 Å². The van der Waals surface area contributed by atoms with E-state index in [1.165, 1.54) is 0 Å². The fourth-order valence-corrected chi connectivity index (χ4v) is 1.35. The first-order valence-corrected chi connectivity index (χ1v) is 5.33. The molecule has 2 N–H and O–H groups in total. The van der Waals surface area contributed by atoms with E-state index in [9.17, 15) is 33.8 Å². The molecule has 0 rings (SSSR count). The van der Waals surface area contributed by atoms with Gasteiger partial charge < -0.3 is 39.3 Å². The molecule has 0 amide bonds. The van der Waals surface area contributed by atoms with E-state index in [1.807, 2.05) is 0 Å². The van der Waals surface area contributed by atoms with Crippen molar-refractivity contribution in [2.45, 2.75) is 12.0 Å². The minimum atomic E-state index is -5.93. The maximum Gasteiger partial charge on any atom is 1.00 e. The van der Waals surface area contributed by atoms with Gasteiger partial charge in [-0.25, -0.2) is 0 Å². The molecule has 15 heteroatoms. The molecule has 8 nitrogen and oxygen atoms in total. The third kappa shape index (κ3) is 17.6. The molecule has 0 aromatic heterocycles. The third-order valence-corrected chi connectivity index (χ3v) is 4.52. The van der Waals surface area contributed by atoms with Crippen molar-refractivity contribution in [1.29, 1.82) is 0 Å². The van der Waals surface area contributed by atoms with Gasteiger partial charge in [0.25, 0.3) is 0 Å². The molecule has 0 unspecified atom stereocenters. The average Bonchev–Trinajstić information content (AvgIpc) is 1.58. The van der Waals surface area contributed by atoms with Gasteiger partial charge >= 0.3 is 257 Å². The summed E-state index contributed by atoms with van der Waals surface area (Å²) in [6.45, 7) is 0.0224. The van der Waals surface area contributed by atoms with E-state index in [2.05, 4.69) is 0 Å². The van der Waals surface area contributed by atoms with Crippen molar-refractivity contribution in [3.63, 3.8) is 0 Å². The predicted octanol–water partition coefficient (Wildman–Crippen LogP) is -20.0. The van der Waals surface area contributed by atoms with Crippen molar-refractivity contribution in [2.75, 3.05) is 0 Å². The van der Waals surface area contributed by atoms with Gasteiger partial charge in [-0.2, -0.15) is 0 Å². The minimum absolute atomic E-state index is 0. The van der Waals surface area contributed by atoms with Crippen molar-refractivity contribution in [3.05, 3.63) is 0 Å². The van der Waals surface area contributed by atoms with Crippen LogP contribution in [0.25, 0.3) is 0 Å². The zero-order valence-corrected chi connectivity index (χ0v) is 28.2. The zero-order chi connectivity index (χ0) is 9.50. The van der Waals surface area contributed by atoms with E-state index in [0.29, 0.717) is 0 Å². The molecule has 0 heterocycles. The van der Waals surface area contributed by atoms with Crippen LogP contribution in [0.2, 0.25) is 0 Å². The zero-order valence-electron chi connectivity index (χ0n) is 10.8. The van der Waals surface area contributed by atoms with Crippen molar-refractivity contribution in [2.24, 2.45) is 0 Å². The summed E-state index contributed by atoms with van der Waals surface area (Å²) in [5.74, 6) is 0. The monoisotopic (exact) mass is 414 g/mol. The second-order valence-electron chi connectivity index (χ2n) is 1.93. The molecule has 0 atom stereocenters. The molecule has 0 saturated carbocycles. The molecule has 76 valence electrons. The maximum atomic E-state index is 10.4. The molecule has 0 saturated heterocycles. The Bertz CT molecular complexity index is 222. The van der Waals surface area contributed by atoms with Crippen LogP contribution in [-0.2, 0) is 9.13 Å².